The van der Waals surface area contributed by atoms with Crippen LogP contribution in [0.15, 0.2) is 140 Å². The molecule has 0 aliphatic heterocycles. The highest BCUT2D eigenvalue weighted by Crippen LogP contribution is 2.29. The number of benzene rings is 5. The van der Waals surface area contributed by atoms with Gasteiger partial charge in [0.2, 0.25) is 5.91 Å². The summed E-state index contributed by atoms with van der Waals surface area (Å²) in [6.07, 6.45) is 4.76. The van der Waals surface area contributed by atoms with Crippen molar-refractivity contribution in [1.82, 2.24) is 14.7 Å². The molecule has 12 nitrogen and oxygen atoms in total. The largest absolute Gasteiger partial charge is 0.482 e. The lowest BCUT2D eigenvalue weighted by molar-refractivity contribution is -0.386. The molecule has 0 aromatic heterocycles. The van der Waals surface area contributed by atoms with Gasteiger partial charge in [-0.3, -0.25) is 14.9 Å². The maximum atomic E-state index is 14.3. The molecule has 1 saturated carbocycles. The lowest BCUT2D eigenvalue weighted by Crippen LogP contribution is -2.48. The van der Waals surface area contributed by atoms with Gasteiger partial charge < -0.3 is 28.9 Å². The third kappa shape index (κ3) is 14.2. The highest BCUT2D eigenvalue weighted by molar-refractivity contribution is 5.78. The fourth-order valence-electron chi connectivity index (χ4n) is 7.61. The van der Waals surface area contributed by atoms with Crippen LogP contribution in [0.5, 0.6) is 5.75 Å². The summed E-state index contributed by atoms with van der Waals surface area (Å²) in [6, 6.07) is 43.1. The first-order chi connectivity index (χ1) is 30.3. The van der Waals surface area contributed by atoms with Crippen molar-refractivity contribution in [3.63, 3.8) is 0 Å². The molecule has 1 aliphatic rings. The molecule has 324 valence electrons. The number of carbonyl (C=O) groups excluding carboxylic acids is 3. The normalized spacial score (nSPS) is 12.5. The van der Waals surface area contributed by atoms with Crippen molar-refractivity contribution in [2.75, 3.05) is 32.7 Å². The molecule has 5 aromatic carbocycles. The molecule has 0 spiro atoms. The third-order valence-electron chi connectivity index (χ3n) is 11.1. The lowest BCUT2D eigenvalue weighted by atomic mass is 9.94. The molecular formula is C50H56N4O8. The highest BCUT2D eigenvalue weighted by Gasteiger charge is 2.28. The van der Waals surface area contributed by atoms with Crippen molar-refractivity contribution < 1.29 is 33.5 Å². The van der Waals surface area contributed by atoms with E-state index in [4.69, 9.17) is 14.2 Å². The Morgan fingerprint density at radius 3 is 1.56 bits per heavy atom. The Balaban J connectivity index is 1.14. The van der Waals surface area contributed by atoms with Crippen LogP contribution < -0.4 is 4.74 Å². The zero-order chi connectivity index (χ0) is 43.4. The predicted molar refractivity (Wildman–Crippen MR) is 237 cm³/mol. The molecule has 0 N–H and O–H groups in total. The fourth-order valence-corrected chi connectivity index (χ4v) is 7.61. The smallest absolute Gasteiger partial charge is 0.410 e. The summed E-state index contributed by atoms with van der Waals surface area (Å²) >= 11 is 0. The van der Waals surface area contributed by atoms with Crippen LogP contribution in [0.1, 0.15) is 66.3 Å². The first kappa shape index (κ1) is 44.9. The molecule has 62 heavy (non-hydrogen) atoms. The maximum absolute atomic E-state index is 14.3. The number of nitrogens with zero attached hydrogens (tertiary/aromatic N) is 4. The van der Waals surface area contributed by atoms with Gasteiger partial charge in [-0.1, -0.05) is 147 Å². The molecule has 0 atom stereocenters. The topological polar surface area (TPSA) is 132 Å². The van der Waals surface area contributed by atoms with Gasteiger partial charge in [0.15, 0.2) is 5.75 Å². The second-order valence-electron chi connectivity index (χ2n) is 15.5. The van der Waals surface area contributed by atoms with E-state index in [0.717, 1.165) is 54.4 Å². The van der Waals surface area contributed by atoms with E-state index in [1.54, 1.807) is 21.9 Å². The monoisotopic (exact) mass is 840 g/mol. The fraction of sp³-hybridized carbons (Fsp3) is 0.340. The lowest BCUT2D eigenvalue weighted by Gasteiger charge is -2.36. The standard InChI is InChI=1S/C50H56N4O8/c55-48(30-33-51(31-28-40-16-6-1-7-17-40)49(56)61-38-43-20-10-3-11-21-43)53(45-24-14-5-15-25-45)35-34-52(50(57)62-39-44-22-12-4-13-23-44)32-29-41-26-27-47(46(36-41)54(58)59)60-37-42-18-8-2-9-19-42/h1-4,6-13,16-23,26-27,36,45H,5,14-15,24-25,28-35,37-39H2. The first-order valence-corrected chi connectivity index (χ1v) is 21.5. The molecule has 3 amide bonds. The number of amides is 3. The Labute approximate surface area is 364 Å². The summed E-state index contributed by atoms with van der Waals surface area (Å²) in [4.78, 5) is 58.4. The van der Waals surface area contributed by atoms with Crippen LogP contribution in [-0.4, -0.2) is 76.5 Å². The first-order valence-electron chi connectivity index (χ1n) is 21.5. The molecule has 0 radical (unpaired) electrons. The van der Waals surface area contributed by atoms with Crippen LogP contribution >= 0.6 is 0 Å². The molecule has 5 aromatic rings. The number of ether oxygens (including phenoxy) is 3. The molecule has 0 bridgehead atoms. The molecule has 1 aliphatic carbocycles. The van der Waals surface area contributed by atoms with E-state index in [1.807, 2.05) is 126 Å². The van der Waals surface area contributed by atoms with Gasteiger partial charge in [-0.15, -0.1) is 0 Å². The Bertz CT molecular complexity index is 2150. The third-order valence-corrected chi connectivity index (χ3v) is 11.1. The number of hydrogen-bond donors (Lipinski definition) is 0. The van der Waals surface area contributed by atoms with Crippen LogP contribution in [0.4, 0.5) is 15.3 Å². The van der Waals surface area contributed by atoms with Crippen molar-refractivity contribution in [1.29, 1.82) is 0 Å². The molecule has 12 heteroatoms. The average molecular weight is 841 g/mol. The van der Waals surface area contributed by atoms with Crippen molar-refractivity contribution in [3.8, 4) is 5.75 Å². The second kappa shape index (κ2) is 23.9. The number of hydrogen-bond acceptors (Lipinski definition) is 8. The van der Waals surface area contributed by atoms with Crippen LogP contribution in [-0.2, 0) is 46.9 Å². The van der Waals surface area contributed by atoms with Crippen molar-refractivity contribution in [2.45, 2.75) is 77.2 Å². The Hall–Kier alpha value is -6.69. The molecule has 0 heterocycles. The SMILES string of the molecule is O=C(OCc1ccccc1)N(CCC(=O)N(CCN(CCc1ccc(OCc2ccccc2)c([N+](=O)[O-])c1)C(=O)OCc1ccccc1)C1CCCCC1)CCc1ccccc1. The van der Waals surface area contributed by atoms with E-state index < -0.39 is 17.1 Å². The van der Waals surface area contributed by atoms with Crippen molar-refractivity contribution in [2.24, 2.45) is 0 Å². The molecule has 0 saturated heterocycles. The van der Waals surface area contributed by atoms with Gasteiger partial charge in [0.1, 0.15) is 19.8 Å². The minimum Gasteiger partial charge on any atom is -0.482 e. The molecule has 6 rings (SSSR count). The molecule has 1 fully saturated rings. The number of rotatable bonds is 21. The van der Waals surface area contributed by atoms with Gasteiger partial charge in [0, 0.05) is 51.3 Å². The Morgan fingerprint density at radius 1 is 0.548 bits per heavy atom. The zero-order valence-electron chi connectivity index (χ0n) is 35.2. The van der Waals surface area contributed by atoms with Crippen LogP contribution in [0.3, 0.4) is 0 Å². The van der Waals surface area contributed by atoms with Gasteiger partial charge in [-0.25, -0.2) is 9.59 Å². The second-order valence-corrected chi connectivity index (χ2v) is 15.5. The minimum atomic E-state index is -0.546. The van der Waals surface area contributed by atoms with E-state index in [2.05, 4.69) is 0 Å². The van der Waals surface area contributed by atoms with Crippen LogP contribution in [0.25, 0.3) is 0 Å². The Kier molecular flexibility index (Phi) is 17.3. The van der Waals surface area contributed by atoms with Crippen molar-refractivity contribution in [3.05, 3.63) is 177 Å². The van der Waals surface area contributed by atoms with Crippen LogP contribution in [0, 0.1) is 10.1 Å². The van der Waals surface area contributed by atoms with E-state index in [0.29, 0.717) is 24.9 Å². The molecule has 0 unspecified atom stereocenters. The van der Waals surface area contributed by atoms with Gasteiger partial charge in [-0.05, 0) is 59.6 Å². The van der Waals surface area contributed by atoms with Gasteiger partial charge in [-0.2, -0.15) is 0 Å². The summed E-state index contributed by atoms with van der Waals surface area (Å²) in [5.41, 5.74) is 4.16. The van der Waals surface area contributed by atoms with Crippen molar-refractivity contribution >= 4 is 23.8 Å². The number of carbonyl (C=O) groups is 3. The summed E-state index contributed by atoms with van der Waals surface area (Å²) in [5.74, 6) is 0.0586. The summed E-state index contributed by atoms with van der Waals surface area (Å²) < 4.78 is 17.4. The van der Waals surface area contributed by atoms with E-state index in [1.165, 1.54) is 6.07 Å². The van der Waals surface area contributed by atoms with Crippen LogP contribution in [0.2, 0.25) is 0 Å². The number of nitro benzene ring substituents is 1. The predicted octanol–water partition coefficient (Wildman–Crippen LogP) is 9.79. The average Bonchev–Trinajstić information content (AvgIpc) is 3.32. The van der Waals surface area contributed by atoms with Gasteiger partial charge in [0.25, 0.3) is 0 Å². The zero-order valence-corrected chi connectivity index (χ0v) is 35.2. The van der Waals surface area contributed by atoms with E-state index in [-0.39, 0.29) is 75.8 Å². The summed E-state index contributed by atoms with van der Waals surface area (Å²) in [7, 11) is 0. The van der Waals surface area contributed by atoms with E-state index in [9.17, 15) is 24.5 Å². The highest BCUT2D eigenvalue weighted by atomic mass is 16.6. The quantitative estimate of drug-likeness (QED) is 0.0527. The van der Waals surface area contributed by atoms with E-state index >= 15 is 0 Å². The summed E-state index contributed by atoms with van der Waals surface area (Å²) in [6.45, 7) is 1.58. The summed E-state index contributed by atoms with van der Waals surface area (Å²) in [5, 5.41) is 12.1. The van der Waals surface area contributed by atoms with Gasteiger partial charge >= 0.3 is 17.9 Å². The Morgan fingerprint density at radius 2 is 1.03 bits per heavy atom. The minimum absolute atomic E-state index is 0.00711. The molecular weight excluding hydrogens is 785 g/mol. The van der Waals surface area contributed by atoms with Gasteiger partial charge in [0.05, 0.1) is 4.92 Å². The maximum Gasteiger partial charge on any atom is 0.410 e. The number of nitro groups is 1.